The van der Waals surface area contributed by atoms with Crippen molar-refractivity contribution in [3.63, 3.8) is 0 Å². The predicted molar refractivity (Wildman–Crippen MR) is 75.1 cm³/mol. The van der Waals surface area contributed by atoms with Crippen molar-refractivity contribution in [2.75, 3.05) is 11.9 Å². The highest BCUT2D eigenvalue weighted by Crippen LogP contribution is 2.25. The van der Waals surface area contributed by atoms with E-state index in [0.717, 1.165) is 30.3 Å². The van der Waals surface area contributed by atoms with Crippen molar-refractivity contribution in [3.05, 3.63) is 23.7 Å². The fraction of sp³-hybridized carbons (Fsp3) is 0.643. The second-order valence-electron chi connectivity index (χ2n) is 4.91. The Kier molecular flexibility index (Phi) is 4.87. The monoisotopic (exact) mass is 313 g/mol. The number of furan rings is 1. The molecule has 0 radical (unpaired) electrons. The number of alkyl halides is 1. The molecule has 1 aliphatic rings. The van der Waals surface area contributed by atoms with Gasteiger partial charge in [0.1, 0.15) is 0 Å². The summed E-state index contributed by atoms with van der Waals surface area (Å²) in [5, 5.41) is 0.814. The lowest BCUT2D eigenvalue weighted by Crippen LogP contribution is -2.42. The molecular formula is C14H20BrNO2. The van der Waals surface area contributed by atoms with Gasteiger partial charge in [0.2, 0.25) is 0 Å². The number of hydrogen-bond acceptors (Lipinski definition) is 2. The van der Waals surface area contributed by atoms with Crippen LogP contribution in [0.5, 0.6) is 0 Å². The lowest BCUT2D eigenvalue weighted by Gasteiger charge is -2.33. The van der Waals surface area contributed by atoms with Crippen LogP contribution < -0.4 is 0 Å². The molecule has 0 bridgehead atoms. The summed E-state index contributed by atoms with van der Waals surface area (Å²) in [6.07, 6.45) is 7.60. The summed E-state index contributed by atoms with van der Waals surface area (Å²) in [5.74, 6) is 0.547. The number of aryl methyl sites for hydroxylation is 1. The van der Waals surface area contributed by atoms with Gasteiger partial charge in [-0.3, -0.25) is 4.79 Å². The van der Waals surface area contributed by atoms with Crippen molar-refractivity contribution >= 4 is 21.8 Å². The van der Waals surface area contributed by atoms with Gasteiger partial charge < -0.3 is 9.32 Å². The van der Waals surface area contributed by atoms with Crippen LogP contribution >= 0.6 is 15.9 Å². The van der Waals surface area contributed by atoms with E-state index in [1.165, 1.54) is 19.3 Å². The summed E-state index contributed by atoms with van der Waals surface area (Å²) in [4.78, 5) is 14.5. The van der Waals surface area contributed by atoms with Crippen molar-refractivity contribution in [1.82, 2.24) is 4.90 Å². The first-order valence-corrected chi connectivity index (χ1v) is 7.77. The largest absolute Gasteiger partial charge is 0.459 e. The van der Waals surface area contributed by atoms with Crippen LogP contribution in [0.15, 0.2) is 16.7 Å². The lowest BCUT2D eigenvalue weighted by molar-refractivity contribution is 0.0617. The third-order valence-corrected chi connectivity index (χ3v) is 4.01. The number of carbonyl (C=O) groups excluding carboxylic acids is 1. The minimum absolute atomic E-state index is 0.0452. The van der Waals surface area contributed by atoms with Crippen LogP contribution in [-0.2, 0) is 0 Å². The van der Waals surface area contributed by atoms with Gasteiger partial charge in [0.15, 0.2) is 5.76 Å². The SMILES string of the molecule is Cc1ccoc1C(=O)N(CCBr)C1CCCCC1. The molecule has 100 valence electrons. The molecule has 1 aromatic rings. The summed E-state index contributed by atoms with van der Waals surface area (Å²) >= 11 is 3.44. The van der Waals surface area contributed by atoms with Crippen molar-refractivity contribution in [2.24, 2.45) is 0 Å². The summed E-state index contributed by atoms with van der Waals surface area (Å²) < 4.78 is 5.34. The van der Waals surface area contributed by atoms with Gasteiger partial charge in [-0.15, -0.1) is 0 Å². The highest BCUT2D eigenvalue weighted by atomic mass is 79.9. The second-order valence-corrected chi connectivity index (χ2v) is 5.71. The zero-order valence-electron chi connectivity index (χ0n) is 10.8. The first kappa shape index (κ1) is 13.7. The van der Waals surface area contributed by atoms with Gasteiger partial charge in [-0.25, -0.2) is 0 Å². The molecule has 0 aromatic carbocycles. The van der Waals surface area contributed by atoms with Crippen LogP contribution in [0.4, 0.5) is 0 Å². The molecule has 0 spiro atoms. The standard InChI is InChI=1S/C14H20BrNO2/c1-11-7-10-18-13(11)14(17)16(9-8-15)12-5-3-2-4-6-12/h7,10,12H,2-6,8-9H2,1H3. The third-order valence-electron chi connectivity index (χ3n) is 3.66. The molecular weight excluding hydrogens is 294 g/mol. The Hall–Kier alpha value is -0.770. The summed E-state index contributed by atoms with van der Waals surface area (Å²) in [6.45, 7) is 2.67. The van der Waals surface area contributed by atoms with E-state index in [1.54, 1.807) is 6.26 Å². The molecule has 1 heterocycles. The molecule has 0 saturated heterocycles. The Morgan fingerprint density at radius 1 is 1.44 bits per heavy atom. The molecule has 4 heteroatoms. The number of nitrogens with zero attached hydrogens (tertiary/aromatic N) is 1. The van der Waals surface area contributed by atoms with Gasteiger partial charge in [0.05, 0.1) is 6.26 Å². The summed E-state index contributed by atoms with van der Waals surface area (Å²) in [5.41, 5.74) is 0.926. The second kappa shape index (κ2) is 6.41. The average molecular weight is 314 g/mol. The van der Waals surface area contributed by atoms with Crippen molar-refractivity contribution in [2.45, 2.75) is 45.1 Å². The quantitative estimate of drug-likeness (QED) is 0.793. The van der Waals surface area contributed by atoms with Crippen LogP contribution in [0.3, 0.4) is 0 Å². The molecule has 2 rings (SSSR count). The van der Waals surface area contributed by atoms with E-state index in [-0.39, 0.29) is 5.91 Å². The molecule has 1 aliphatic carbocycles. The van der Waals surface area contributed by atoms with E-state index in [9.17, 15) is 4.79 Å². The average Bonchev–Trinajstić information content (AvgIpc) is 2.82. The van der Waals surface area contributed by atoms with Crippen LogP contribution in [-0.4, -0.2) is 28.7 Å². The Labute approximate surface area is 117 Å². The maximum Gasteiger partial charge on any atom is 0.290 e. The molecule has 1 amide bonds. The van der Waals surface area contributed by atoms with Gasteiger partial charge >= 0.3 is 0 Å². The van der Waals surface area contributed by atoms with Crippen molar-refractivity contribution in [1.29, 1.82) is 0 Å². The van der Waals surface area contributed by atoms with Gasteiger partial charge in [-0.2, -0.15) is 0 Å². The maximum absolute atomic E-state index is 12.5. The van der Waals surface area contributed by atoms with Gasteiger partial charge in [0.25, 0.3) is 5.91 Å². The first-order valence-electron chi connectivity index (χ1n) is 6.65. The summed E-state index contributed by atoms with van der Waals surface area (Å²) in [7, 11) is 0. The number of amides is 1. The van der Waals surface area contributed by atoms with Crippen LogP contribution in [0.1, 0.15) is 48.2 Å². The van der Waals surface area contributed by atoms with Crippen LogP contribution in [0.2, 0.25) is 0 Å². The maximum atomic E-state index is 12.5. The number of rotatable bonds is 4. The smallest absolute Gasteiger partial charge is 0.290 e. The molecule has 0 N–H and O–H groups in total. The van der Waals surface area contributed by atoms with Crippen molar-refractivity contribution < 1.29 is 9.21 Å². The van der Waals surface area contributed by atoms with Gasteiger partial charge in [-0.1, -0.05) is 35.2 Å². The van der Waals surface area contributed by atoms with Gasteiger partial charge in [0, 0.05) is 23.5 Å². The van der Waals surface area contributed by atoms with E-state index >= 15 is 0 Å². The topological polar surface area (TPSA) is 33.5 Å². The summed E-state index contributed by atoms with van der Waals surface area (Å²) in [6, 6.07) is 2.23. The van der Waals surface area contributed by atoms with Crippen LogP contribution in [0.25, 0.3) is 0 Å². The molecule has 3 nitrogen and oxygen atoms in total. The Morgan fingerprint density at radius 3 is 2.72 bits per heavy atom. The van der Waals surface area contributed by atoms with E-state index in [0.29, 0.717) is 11.8 Å². The fourth-order valence-corrected chi connectivity index (χ4v) is 3.04. The first-order chi connectivity index (χ1) is 8.74. The Balaban J connectivity index is 2.13. The van der Waals surface area contributed by atoms with E-state index < -0.39 is 0 Å². The Bertz CT molecular complexity index is 396. The molecule has 1 fully saturated rings. The number of hydrogen-bond donors (Lipinski definition) is 0. The molecule has 18 heavy (non-hydrogen) atoms. The van der Waals surface area contributed by atoms with E-state index in [2.05, 4.69) is 15.9 Å². The number of carbonyl (C=O) groups is 1. The molecule has 0 unspecified atom stereocenters. The number of halogens is 1. The third kappa shape index (κ3) is 2.97. The molecule has 1 saturated carbocycles. The molecule has 1 aromatic heterocycles. The zero-order chi connectivity index (χ0) is 13.0. The molecule has 0 aliphatic heterocycles. The normalized spacial score (nSPS) is 16.8. The van der Waals surface area contributed by atoms with E-state index in [4.69, 9.17) is 4.42 Å². The molecule has 0 atom stereocenters. The van der Waals surface area contributed by atoms with Crippen LogP contribution in [0, 0.1) is 6.92 Å². The predicted octanol–water partition coefficient (Wildman–Crippen LogP) is 3.76. The van der Waals surface area contributed by atoms with Gasteiger partial charge in [-0.05, 0) is 25.8 Å². The lowest BCUT2D eigenvalue weighted by atomic mass is 9.94. The highest BCUT2D eigenvalue weighted by Gasteiger charge is 2.28. The highest BCUT2D eigenvalue weighted by molar-refractivity contribution is 9.09. The zero-order valence-corrected chi connectivity index (χ0v) is 12.4. The Morgan fingerprint density at radius 2 is 2.17 bits per heavy atom. The fourth-order valence-electron chi connectivity index (χ4n) is 2.66. The van der Waals surface area contributed by atoms with Crippen molar-refractivity contribution in [3.8, 4) is 0 Å². The minimum Gasteiger partial charge on any atom is -0.459 e. The van der Waals surface area contributed by atoms with E-state index in [1.807, 2.05) is 17.9 Å². The minimum atomic E-state index is 0.0452.